The molecule has 30 heavy (non-hydrogen) atoms. The highest BCUT2D eigenvalue weighted by Crippen LogP contribution is 2.40. The van der Waals surface area contributed by atoms with E-state index >= 15 is 0 Å². The number of unbranched alkanes of at least 4 members (excludes halogenated alkanes) is 5. The molecule has 0 aromatic carbocycles. The van der Waals surface area contributed by atoms with Gasteiger partial charge >= 0.3 is 5.97 Å². The molecule has 2 rings (SSSR count). The lowest BCUT2D eigenvalue weighted by atomic mass is 9.72. The van der Waals surface area contributed by atoms with Gasteiger partial charge in [0.2, 0.25) is 0 Å². The second-order valence-corrected chi connectivity index (χ2v) is 10.4. The second-order valence-electron chi connectivity index (χ2n) is 9.26. The second kappa shape index (κ2) is 12.3. The van der Waals surface area contributed by atoms with Gasteiger partial charge in [0.25, 0.3) is 0 Å². The van der Waals surface area contributed by atoms with E-state index in [1.54, 1.807) is 0 Å². The van der Waals surface area contributed by atoms with Gasteiger partial charge in [-0.05, 0) is 74.3 Å². The Hall–Kier alpha value is -1.61. The predicted molar refractivity (Wildman–Crippen MR) is 131 cm³/mol. The van der Waals surface area contributed by atoms with Crippen molar-refractivity contribution >= 4 is 23.4 Å². The van der Waals surface area contributed by atoms with E-state index in [0.29, 0.717) is 11.5 Å². The molecule has 3 heteroatoms. The molecule has 2 nitrogen and oxygen atoms in total. The van der Waals surface area contributed by atoms with E-state index in [1.165, 1.54) is 73.0 Å². The maximum absolute atomic E-state index is 12.3. The van der Waals surface area contributed by atoms with E-state index in [0.717, 1.165) is 17.7 Å². The van der Waals surface area contributed by atoms with Crippen LogP contribution in [0.5, 0.6) is 0 Å². The Morgan fingerprint density at radius 1 is 1.17 bits per heavy atom. The van der Waals surface area contributed by atoms with Gasteiger partial charge in [0.05, 0.1) is 6.61 Å². The third-order valence-electron chi connectivity index (χ3n) is 5.98. The van der Waals surface area contributed by atoms with Crippen LogP contribution in [-0.2, 0) is 4.74 Å². The maximum atomic E-state index is 12.3. The van der Waals surface area contributed by atoms with Crippen LogP contribution in [-0.4, -0.2) is 12.6 Å². The number of esters is 1. The van der Waals surface area contributed by atoms with Crippen molar-refractivity contribution in [3.63, 3.8) is 0 Å². The van der Waals surface area contributed by atoms with E-state index < -0.39 is 0 Å². The summed E-state index contributed by atoms with van der Waals surface area (Å²) in [5.74, 6) is -0.189. The van der Waals surface area contributed by atoms with Crippen LogP contribution in [0.3, 0.4) is 0 Å². The summed E-state index contributed by atoms with van der Waals surface area (Å²) in [6.45, 7) is 11.8. The highest BCUT2D eigenvalue weighted by Gasteiger charge is 2.26. The molecule has 1 aromatic rings. The van der Waals surface area contributed by atoms with E-state index in [-0.39, 0.29) is 11.4 Å². The first-order valence-corrected chi connectivity index (χ1v) is 12.5. The van der Waals surface area contributed by atoms with Gasteiger partial charge in [-0.15, -0.1) is 11.3 Å². The van der Waals surface area contributed by atoms with Crippen LogP contribution in [0.15, 0.2) is 41.0 Å². The molecule has 0 fully saturated rings. The fourth-order valence-corrected chi connectivity index (χ4v) is 5.07. The average molecular weight is 429 g/mol. The number of carbonyl (C=O) groups is 1. The van der Waals surface area contributed by atoms with Gasteiger partial charge in [-0.2, -0.15) is 0 Å². The summed E-state index contributed by atoms with van der Waals surface area (Å²) < 4.78 is 5.45. The zero-order chi connectivity index (χ0) is 22.0. The zero-order valence-electron chi connectivity index (χ0n) is 19.7. The van der Waals surface area contributed by atoms with E-state index in [2.05, 4.69) is 52.8 Å². The van der Waals surface area contributed by atoms with Crippen LogP contribution in [0, 0.1) is 5.41 Å². The fourth-order valence-electron chi connectivity index (χ4n) is 4.16. The normalized spacial score (nSPS) is 17.0. The van der Waals surface area contributed by atoms with Crippen molar-refractivity contribution < 1.29 is 9.53 Å². The summed E-state index contributed by atoms with van der Waals surface area (Å²) >= 11 is 1.51. The van der Waals surface area contributed by atoms with Crippen LogP contribution in [0.2, 0.25) is 0 Å². The van der Waals surface area contributed by atoms with Crippen molar-refractivity contribution in [2.24, 2.45) is 5.41 Å². The van der Waals surface area contributed by atoms with Crippen LogP contribution < -0.4 is 0 Å². The molecule has 0 radical (unpaired) electrons. The average Bonchev–Trinajstić information content (AvgIpc) is 3.14. The van der Waals surface area contributed by atoms with Gasteiger partial charge in [0, 0.05) is 4.88 Å². The van der Waals surface area contributed by atoms with Crippen molar-refractivity contribution in [2.75, 3.05) is 6.61 Å². The number of thiophene rings is 1. The summed E-state index contributed by atoms with van der Waals surface area (Å²) in [7, 11) is 0. The summed E-state index contributed by atoms with van der Waals surface area (Å²) in [5.41, 5.74) is 4.45. The largest absolute Gasteiger partial charge is 0.462 e. The predicted octanol–water partition coefficient (Wildman–Crippen LogP) is 8.75. The molecular formula is C27H40O2S. The molecule has 0 amide bonds. The lowest BCUT2D eigenvalue weighted by molar-refractivity contribution is 0.0503. The minimum atomic E-state index is -0.189. The summed E-state index contributed by atoms with van der Waals surface area (Å²) in [6.07, 6.45) is 17.6. The first-order valence-electron chi connectivity index (χ1n) is 11.7. The molecule has 0 atom stereocenters. The molecule has 166 valence electrons. The summed E-state index contributed by atoms with van der Waals surface area (Å²) in [6, 6.07) is 3.90. The highest BCUT2D eigenvalue weighted by atomic mass is 32.1. The van der Waals surface area contributed by atoms with Gasteiger partial charge in [-0.25, -0.2) is 4.79 Å². The molecule has 0 N–H and O–H groups in total. The lowest BCUT2D eigenvalue weighted by Crippen LogP contribution is -2.19. The molecule has 0 unspecified atom stereocenters. The lowest BCUT2D eigenvalue weighted by Gasteiger charge is -2.32. The van der Waals surface area contributed by atoms with Crippen molar-refractivity contribution in [1.82, 2.24) is 0 Å². The Morgan fingerprint density at radius 2 is 1.90 bits per heavy atom. The highest BCUT2D eigenvalue weighted by molar-refractivity contribution is 7.14. The molecular weight excluding hydrogens is 388 g/mol. The minimum absolute atomic E-state index is 0.189. The quantitative estimate of drug-likeness (QED) is 0.200. The molecule has 0 aliphatic heterocycles. The number of hydrogen-bond acceptors (Lipinski definition) is 3. The Bertz CT molecular complexity index is 777. The Balaban J connectivity index is 1.86. The Morgan fingerprint density at radius 3 is 2.63 bits per heavy atom. The molecule has 0 bridgehead atoms. The fraction of sp³-hybridized carbons (Fsp3) is 0.593. The number of hydrogen-bond donors (Lipinski definition) is 0. The molecule has 1 aromatic heterocycles. The monoisotopic (exact) mass is 428 g/mol. The smallest absolute Gasteiger partial charge is 0.348 e. The van der Waals surface area contributed by atoms with Gasteiger partial charge < -0.3 is 4.74 Å². The van der Waals surface area contributed by atoms with Crippen LogP contribution in [0.25, 0.3) is 6.08 Å². The third-order valence-corrected chi connectivity index (χ3v) is 7.00. The van der Waals surface area contributed by atoms with Gasteiger partial charge in [-0.3, -0.25) is 0 Å². The summed E-state index contributed by atoms with van der Waals surface area (Å²) in [5, 5.41) is 0. The van der Waals surface area contributed by atoms with Crippen molar-refractivity contribution in [1.29, 1.82) is 0 Å². The molecule has 0 spiro atoms. The van der Waals surface area contributed by atoms with Crippen LogP contribution in [0.1, 0.15) is 107 Å². The molecule has 1 aliphatic carbocycles. The number of allylic oxidation sites excluding steroid dienone is 5. The number of rotatable bonds is 11. The van der Waals surface area contributed by atoms with Crippen molar-refractivity contribution in [3.8, 4) is 0 Å². The molecule has 1 heterocycles. The van der Waals surface area contributed by atoms with E-state index in [9.17, 15) is 4.79 Å². The Labute approximate surface area is 188 Å². The number of carbonyl (C=O) groups excluding carboxylic acids is 1. The van der Waals surface area contributed by atoms with Crippen molar-refractivity contribution in [2.45, 2.75) is 92.4 Å². The van der Waals surface area contributed by atoms with E-state index in [4.69, 9.17) is 4.74 Å². The van der Waals surface area contributed by atoms with E-state index in [1.807, 2.05) is 12.1 Å². The van der Waals surface area contributed by atoms with Gasteiger partial charge in [0.15, 0.2) is 0 Å². The zero-order valence-corrected chi connectivity index (χ0v) is 20.5. The maximum Gasteiger partial charge on any atom is 0.348 e. The first kappa shape index (κ1) is 24.7. The molecule has 1 aliphatic rings. The molecule has 0 saturated carbocycles. The van der Waals surface area contributed by atoms with Crippen LogP contribution in [0.4, 0.5) is 0 Å². The minimum Gasteiger partial charge on any atom is -0.462 e. The topological polar surface area (TPSA) is 26.3 Å². The van der Waals surface area contributed by atoms with Crippen molar-refractivity contribution in [3.05, 3.63) is 50.8 Å². The first-order chi connectivity index (χ1) is 14.3. The molecule has 0 saturated heterocycles. The SMILES string of the molecule is CCCCCCCCOC(=O)c1ccc(/C=C(\C)C=CC2=C(C)CCCC2(C)C)s1. The number of ether oxygens (including phenoxy) is 1. The van der Waals surface area contributed by atoms with Gasteiger partial charge in [0.1, 0.15) is 4.88 Å². The summed E-state index contributed by atoms with van der Waals surface area (Å²) in [4.78, 5) is 14.1. The van der Waals surface area contributed by atoms with Gasteiger partial charge in [-0.1, -0.05) is 70.6 Å². The van der Waals surface area contributed by atoms with Crippen LogP contribution >= 0.6 is 11.3 Å². The third kappa shape index (κ3) is 7.91. The Kier molecular flexibility index (Phi) is 10.1. The standard InChI is InChI=1S/C27H40O2S/c1-6-7-8-9-10-11-19-29-26(28)25-17-15-23(30-25)20-21(2)14-16-24-22(3)13-12-18-27(24,4)5/h14-17,20H,6-13,18-19H2,1-5H3/b16-14?,21-20+.